The lowest BCUT2D eigenvalue weighted by Gasteiger charge is -2.44. The number of imidazole rings is 1. The van der Waals surface area contributed by atoms with Gasteiger partial charge in [-0.1, -0.05) is 68.5 Å². The van der Waals surface area contributed by atoms with Gasteiger partial charge in [0.15, 0.2) is 5.78 Å². The molecule has 0 fully saturated rings. The van der Waals surface area contributed by atoms with Crippen molar-refractivity contribution in [3.63, 3.8) is 0 Å². The van der Waals surface area contributed by atoms with Gasteiger partial charge in [-0.3, -0.25) is 9.36 Å². The zero-order valence-electron chi connectivity index (χ0n) is 24.0. The average Bonchev–Trinajstić information content (AvgIpc) is 3.27. The fourth-order valence-corrected chi connectivity index (χ4v) is 7.06. The maximum Gasteiger partial charge on any atom is 0.209 e. The van der Waals surface area contributed by atoms with Gasteiger partial charge in [-0.25, -0.2) is 4.98 Å². The molecule has 5 nitrogen and oxygen atoms in total. The number of fused-ring (bicyclic) bond motifs is 4. The highest BCUT2D eigenvalue weighted by Crippen LogP contribution is 2.49. The molecule has 4 aromatic rings. The molecule has 1 atom stereocenters. The van der Waals surface area contributed by atoms with Crippen molar-refractivity contribution < 1.29 is 4.79 Å². The number of para-hydroxylation sites is 2. The number of allylic oxidation sites excluding steroid dienone is 3. The maximum absolute atomic E-state index is 13.8. The summed E-state index contributed by atoms with van der Waals surface area (Å²) in [6.45, 7) is 12.0. The SMILES string of the molecule is CC1=CC(C)(C)N(Cc2ccccc2)c2ccc([C@@H]3C4=C(CC(C)(C)CC4=O)Nc4nc5ccccc5n43)cc21. The first-order valence-electron chi connectivity index (χ1n) is 14.3. The van der Waals surface area contributed by atoms with Crippen LogP contribution < -0.4 is 10.2 Å². The van der Waals surface area contributed by atoms with E-state index in [-0.39, 0.29) is 22.8 Å². The molecule has 1 N–H and O–H groups in total. The largest absolute Gasteiger partial charge is 0.358 e. The summed E-state index contributed by atoms with van der Waals surface area (Å²) >= 11 is 0. The number of anilines is 2. The molecule has 0 unspecified atom stereocenters. The second kappa shape index (κ2) is 8.69. The highest BCUT2D eigenvalue weighted by molar-refractivity contribution is 6.01. The minimum atomic E-state index is -0.224. The third kappa shape index (κ3) is 3.90. The van der Waals surface area contributed by atoms with E-state index in [2.05, 4.69) is 110 Å². The minimum Gasteiger partial charge on any atom is -0.358 e. The molecule has 1 aliphatic carbocycles. The van der Waals surface area contributed by atoms with Gasteiger partial charge in [0.1, 0.15) is 0 Å². The van der Waals surface area contributed by atoms with E-state index in [0.29, 0.717) is 6.42 Å². The third-order valence-electron chi connectivity index (χ3n) is 8.81. The Bertz CT molecular complexity index is 1740. The second-order valence-electron chi connectivity index (χ2n) is 13.0. The second-order valence-corrected chi connectivity index (χ2v) is 13.0. The summed E-state index contributed by atoms with van der Waals surface area (Å²) in [5.74, 6) is 1.04. The molecule has 0 saturated heterocycles. The molecule has 3 aliphatic rings. The molecule has 5 heteroatoms. The predicted molar refractivity (Wildman–Crippen MR) is 163 cm³/mol. The number of hydrogen-bond donors (Lipinski definition) is 1. The number of nitrogens with one attached hydrogen (secondary N) is 1. The van der Waals surface area contributed by atoms with Gasteiger partial charge in [0.05, 0.1) is 22.6 Å². The molecule has 7 rings (SSSR count). The maximum atomic E-state index is 13.8. The van der Waals surface area contributed by atoms with Crippen LogP contribution in [-0.4, -0.2) is 20.9 Å². The van der Waals surface area contributed by atoms with Gasteiger partial charge < -0.3 is 10.2 Å². The molecule has 1 aromatic heterocycles. The number of aromatic nitrogens is 2. The molecule has 2 aliphatic heterocycles. The smallest absolute Gasteiger partial charge is 0.209 e. The Balaban J connectivity index is 1.41. The van der Waals surface area contributed by atoms with Gasteiger partial charge in [-0.2, -0.15) is 0 Å². The Morgan fingerprint density at radius 1 is 0.950 bits per heavy atom. The number of carbonyl (C=O) groups excluding carboxylic acids is 1. The standard InChI is InChI=1S/C35H36N4O/c1-22-18-35(4,5)38(21-23-11-7-6-8-12-23)28-16-15-24(17-25(22)28)32-31-27(19-34(2,3)20-30(31)40)37-33-36-26-13-9-10-14-29(26)39(32)33/h6-18,32H,19-21H2,1-5H3,(H,36,37)/t32-/m1/s1. The van der Waals surface area contributed by atoms with E-state index < -0.39 is 0 Å². The van der Waals surface area contributed by atoms with E-state index in [1.807, 2.05) is 18.2 Å². The Morgan fingerprint density at radius 3 is 2.50 bits per heavy atom. The zero-order valence-corrected chi connectivity index (χ0v) is 24.0. The van der Waals surface area contributed by atoms with Crippen molar-refractivity contribution in [3.8, 4) is 0 Å². The van der Waals surface area contributed by atoms with Crippen LogP contribution in [0.4, 0.5) is 11.6 Å². The highest BCUT2D eigenvalue weighted by atomic mass is 16.1. The van der Waals surface area contributed by atoms with Gasteiger partial charge in [0.25, 0.3) is 0 Å². The van der Waals surface area contributed by atoms with Crippen LogP contribution in [0.2, 0.25) is 0 Å². The van der Waals surface area contributed by atoms with Crippen LogP contribution in [0.5, 0.6) is 0 Å². The normalized spacial score (nSPS) is 20.9. The van der Waals surface area contributed by atoms with Crippen LogP contribution in [-0.2, 0) is 11.3 Å². The Hall–Kier alpha value is -4.12. The minimum absolute atomic E-state index is 0.0830. The quantitative estimate of drug-likeness (QED) is 0.294. The fourth-order valence-electron chi connectivity index (χ4n) is 7.06. The Labute approximate surface area is 236 Å². The lowest BCUT2D eigenvalue weighted by atomic mass is 9.72. The van der Waals surface area contributed by atoms with E-state index in [1.54, 1.807) is 0 Å². The number of nitrogens with zero attached hydrogens (tertiary/aromatic N) is 3. The van der Waals surface area contributed by atoms with Gasteiger partial charge >= 0.3 is 0 Å². The summed E-state index contributed by atoms with van der Waals surface area (Å²) < 4.78 is 2.24. The summed E-state index contributed by atoms with van der Waals surface area (Å²) in [5, 5.41) is 3.58. The molecule has 202 valence electrons. The summed E-state index contributed by atoms with van der Waals surface area (Å²) in [5.41, 5.74) is 9.80. The van der Waals surface area contributed by atoms with Gasteiger partial charge in [0.2, 0.25) is 5.95 Å². The lowest BCUT2D eigenvalue weighted by Crippen LogP contribution is -2.44. The van der Waals surface area contributed by atoms with Crippen molar-refractivity contribution >= 4 is 34.0 Å². The molecular formula is C35H36N4O. The summed E-state index contributed by atoms with van der Waals surface area (Å²) in [4.78, 5) is 21.3. The molecular weight excluding hydrogens is 492 g/mol. The van der Waals surface area contributed by atoms with Crippen molar-refractivity contribution in [1.29, 1.82) is 0 Å². The summed E-state index contributed by atoms with van der Waals surface area (Å²) in [6, 6.07) is 25.5. The van der Waals surface area contributed by atoms with E-state index >= 15 is 0 Å². The first-order valence-corrected chi connectivity index (χ1v) is 14.3. The van der Waals surface area contributed by atoms with E-state index in [1.165, 1.54) is 22.4 Å². The number of ketones is 1. The molecule has 40 heavy (non-hydrogen) atoms. The Kier molecular flexibility index (Phi) is 5.41. The molecule has 3 aromatic carbocycles. The molecule has 0 radical (unpaired) electrons. The van der Waals surface area contributed by atoms with Crippen molar-refractivity contribution in [2.75, 3.05) is 10.2 Å². The van der Waals surface area contributed by atoms with Gasteiger partial charge in [-0.05, 0) is 73.6 Å². The van der Waals surface area contributed by atoms with Crippen molar-refractivity contribution in [2.24, 2.45) is 5.41 Å². The first-order chi connectivity index (χ1) is 19.1. The van der Waals surface area contributed by atoms with Crippen molar-refractivity contribution in [3.05, 3.63) is 107 Å². The molecule has 3 heterocycles. The predicted octanol–water partition coefficient (Wildman–Crippen LogP) is 7.90. The number of benzene rings is 3. The van der Waals surface area contributed by atoms with E-state index in [0.717, 1.165) is 46.8 Å². The number of carbonyl (C=O) groups is 1. The lowest BCUT2D eigenvalue weighted by molar-refractivity contribution is -0.118. The number of rotatable bonds is 3. The third-order valence-corrected chi connectivity index (χ3v) is 8.81. The van der Waals surface area contributed by atoms with Crippen molar-refractivity contribution in [2.45, 2.75) is 65.6 Å². The van der Waals surface area contributed by atoms with Crippen molar-refractivity contribution in [1.82, 2.24) is 9.55 Å². The molecule has 0 saturated carbocycles. The van der Waals surface area contributed by atoms with E-state index in [9.17, 15) is 4.79 Å². The number of Topliss-reactive ketones (excluding diaryl/α,β-unsaturated/α-hetero) is 1. The fraction of sp³-hybridized carbons (Fsp3) is 0.314. The first kappa shape index (κ1) is 24.9. The van der Waals surface area contributed by atoms with Crippen LogP contribution in [0.25, 0.3) is 16.6 Å². The molecule has 0 bridgehead atoms. The molecule has 0 spiro atoms. The highest BCUT2D eigenvalue weighted by Gasteiger charge is 2.42. The van der Waals surface area contributed by atoms with Gasteiger partial charge in [0, 0.05) is 35.5 Å². The summed E-state index contributed by atoms with van der Waals surface area (Å²) in [7, 11) is 0. The van der Waals surface area contributed by atoms with Crippen LogP contribution >= 0.6 is 0 Å². The van der Waals surface area contributed by atoms with Crippen LogP contribution in [0.15, 0.2) is 90.1 Å². The van der Waals surface area contributed by atoms with Crippen LogP contribution in [0.1, 0.15) is 70.2 Å². The summed E-state index contributed by atoms with van der Waals surface area (Å²) in [6.07, 6.45) is 3.76. The van der Waals surface area contributed by atoms with Crippen LogP contribution in [0.3, 0.4) is 0 Å². The monoisotopic (exact) mass is 528 g/mol. The van der Waals surface area contributed by atoms with Crippen LogP contribution in [0, 0.1) is 5.41 Å². The molecule has 0 amide bonds. The topological polar surface area (TPSA) is 50.2 Å². The zero-order chi connectivity index (χ0) is 27.8. The average molecular weight is 529 g/mol. The number of hydrogen-bond acceptors (Lipinski definition) is 4. The van der Waals surface area contributed by atoms with E-state index in [4.69, 9.17) is 4.98 Å². The van der Waals surface area contributed by atoms with Gasteiger partial charge in [-0.15, -0.1) is 0 Å². The Morgan fingerprint density at radius 2 is 1.70 bits per heavy atom.